The number of phenolic OH excluding ortho intramolecular Hbond substituents is 1. The lowest BCUT2D eigenvalue weighted by Crippen LogP contribution is -2.33. The van der Waals surface area contributed by atoms with Gasteiger partial charge in [-0.2, -0.15) is 13.2 Å². The molecule has 7 heteroatoms. The molecule has 0 aliphatic heterocycles. The smallest absolute Gasteiger partial charge is 0.416 e. The van der Waals surface area contributed by atoms with Gasteiger partial charge in [0, 0.05) is 6.54 Å². The van der Waals surface area contributed by atoms with Gasteiger partial charge in [0.2, 0.25) is 0 Å². The largest absolute Gasteiger partial charge is 0.508 e. The van der Waals surface area contributed by atoms with Crippen LogP contribution < -0.4 is 5.32 Å². The van der Waals surface area contributed by atoms with E-state index >= 15 is 0 Å². The number of rotatable bonds is 3. The average Bonchev–Trinajstić information content (AvgIpc) is 2.27. The molecule has 118 valence electrons. The van der Waals surface area contributed by atoms with Crippen molar-refractivity contribution in [3.8, 4) is 5.75 Å². The molecular formula is C14H18F3NO3. The fourth-order valence-electron chi connectivity index (χ4n) is 1.56. The number of carbonyl (C=O) groups excluding carboxylic acids is 1. The molecule has 0 aliphatic carbocycles. The molecule has 0 unspecified atom stereocenters. The van der Waals surface area contributed by atoms with Gasteiger partial charge in [-0.25, -0.2) is 4.79 Å². The third kappa shape index (κ3) is 5.93. The summed E-state index contributed by atoms with van der Waals surface area (Å²) in [5.74, 6) is -0.448. The highest BCUT2D eigenvalue weighted by atomic mass is 19.4. The Morgan fingerprint density at radius 1 is 1.29 bits per heavy atom. The van der Waals surface area contributed by atoms with Crippen molar-refractivity contribution in [2.24, 2.45) is 0 Å². The summed E-state index contributed by atoms with van der Waals surface area (Å²) in [6, 6.07) is 2.75. The molecule has 0 saturated carbocycles. The van der Waals surface area contributed by atoms with Crippen molar-refractivity contribution in [1.29, 1.82) is 0 Å². The number of alkyl carbamates (subject to hydrolysis) is 1. The molecule has 0 atom stereocenters. The maximum Gasteiger partial charge on any atom is 0.416 e. The zero-order valence-corrected chi connectivity index (χ0v) is 12.0. The Labute approximate surface area is 120 Å². The second-order valence-corrected chi connectivity index (χ2v) is 5.52. The van der Waals surface area contributed by atoms with Crippen LogP contribution in [0.5, 0.6) is 5.75 Å². The molecule has 2 N–H and O–H groups in total. The number of carbonyl (C=O) groups is 1. The maximum absolute atomic E-state index is 12.4. The summed E-state index contributed by atoms with van der Waals surface area (Å²) in [7, 11) is 0. The van der Waals surface area contributed by atoms with E-state index in [-0.39, 0.29) is 13.0 Å². The van der Waals surface area contributed by atoms with Crippen molar-refractivity contribution in [1.82, 2.24) is 5.32 Å². The third-order valence-corrected chi connectivity index (χ3v) is 2.48. The van der Waals surface area contributed by atoms with Gasteiger partial charge in [0.15, 0.2) is 0 Å². The zero-order chi connectivity index (χ0) is 16.3. The van der Waals surface area contributed by atoms with Crippen molar-refractivity contribution >= 4 is 6.09 Å². The molecular weight excluding hydrogens is 287 g/mol. The second-order valence-electron chi connectivity index (χ2n) is 5.52. The summed E-state index contributed by atoms with van der Waals surface area (Å²) in [4.78, 5) is 11.4. The number of phenols is 1. The van der Waals surface area contributed by atoms with Crippen molar-refractivity contribution in [3.63, 3.8) is 0 Å². The lowest BCUT2D eigenvalue weighted by Gasteiger charge is -2.19. The molecule has 1 amide bonds. The van der Waals surface area contributed by atoms with Crippen molar-refractivity contribution in [2.45, 2.75) is 39.0 Å². The number of alkyl halides is 3. The van der Waals surface area contributed by atoms with Crippen LogP contribution in [0.3, 0.4) is 0 Å². The number of aromatic hydroxyl groups is 1. The first-order valence-electron chi connectivity index (χ1n) is 6.35. The number of amides is 1. The molecule has 0 spiro atoms. The summed E-state index contributed by atoms with van der Waals surface area (Å²) in [6.45, 7) is 5.30. The fourth-order valence-corrected chi connectivity index (χ4v) is 1.56. The normalized spacial score (nSPS) is 12.1. The molecule has 0 aromatic heterocycles. The topological polar surface area (TPSA) is 58.6 Å². The van der Waals surface area contributed by atoms with Crippen LogP contribution in [0.25, 0.3) is 0 Å². The molecule has 1 aromatic carbocycles. The van der Waals surface area contributed by atoms with Gasteiger partial charge < -0.3 is 15.2 Å². The monoisotopic (exact) mass is 305 g/mol. The predicted octanol–water partition coefficient (Wildman–Crippen LogP) is 3.48. The average molecular weight is 305 g/mol. The number of nitrogens with one attached hydrogen (secondary N) is 1. The number of halogens is 3. The van der Waals surface area contributed by atoms with Gasteiger partial charge in [-0.3, -0.25) is 0 Å². The first-order valence-corrected chi connectivity index (χ1v) is 6.35. The molecule has 0 bridgehead atoms. The molecule has 0 heterocycles. The molecule has 0 fully saturated rings. The van der Waals surface area contributed by atoms with Crippen LogP contribution in [0.4, 0.5) is 18.0 Å². The van der Waals surface area contributed by atoms with E-state index in [1.54, 1.807) is 20.8 Å². The van der Waals surface area contributed by atoms with Crippen LogP contribution in [0.2, 0.25) is 0 Å². The Bertz CT molecular complexity index is 507. The fraction of sp³-hybridized carbons (Fsp3) is 0.500. The van der Waals surface area contributed by atoms with Gasteiger partial charge in [0.05, 0.1) is 5.56 Å². The van der Waals surface area contributed by atoms with Crippen LogP contribution >= 0.6 is 0 Å². The SMILES string of the molecule is CC(C)(C)OC(=O)NCCc1ccc(C(F)(F)F)cc1O. The summed E-state index contributed by atoms with van der Waals surface area (Å²) < 4.78 is 42.3. The van der Waals surface area contributed by atoms with Crippen LogP contribution in [0.15, 0.2) is 18.2 Å². The first-order chi connectivity index (χ1) is 9.49. The van der Waals surface area contributed by atoms with Crippen molar-refractivity contribution in [3.05, 3.63) is 29.3 Å². The summed E-state index contributed by atoms with van der Waals surface area (Å²) in [5.41, 5.74) is -1.22. The number of ether oxygens (including phenoxy) is 1. The predicted molar refractivity (Wildman–Crippen MR) is 71.0 cm³/mol. The first kappa shape index (κ1) is 17.1. The van der Waals surface area contributed by atoms with Crippen LogP contribution in [-0.4, -0.2) is 23.3 Å². The van der Waals surface area contributed by atoms with Gasteiger partial charge in [-0.1, -0.05) is 6.07 Å². The maximum atomic E-state index is 12.4. The number of hydrogen-bond donors (Lipinski definition) is 2. The Balaban J connectivity index is 2.55. The highest BCUT2D eigenvalue weighted by Gasteiger charge is 2.31. The standard InChI is InChI=1S/C14H18F3NO3/c1-13(2,3)21-12(20)18-7-6-9-4-5-10(8-11(9)19)14(15,16)17/h4-5,8,19H,6-7H2,1-3H3,(H,18,20). The molecule has 1 aromatic rings. The lowest BCUT2D eigenvalue weighted by molar-refractivity contribution is -0.137. The summed E-state index contributed by atoms with van der Waals surface area (Å²) in [6.07, 6.45) is -4.91. The minimum atomic E-state index is -4.50. The Hall–Kier alpha value is -1.92. The van der Waals surface area contributed by atoms with E-state index in [2.05, 4.69) is 5.32 Å². The Morgan fingerprint density at radius 2 is 1.90 bits per heavy atom. The molecule has 0 aliphatic rings. The van der Waals surface area contributed by atoms with Gasteiger partial charge in [-0.05, 0) is 44.9 Å². The summed E-state index contributed by atoms with van der Waals surface area (Å²) in [5, 5.41) is 12.0. The lowest BCUT2D eigenvalue weighted by atomic mass is 10.1. The quantitative estimate of drug-likeness (QED) is 0.899. The van der Waals surface area contributed by atoms with E-state index in [4.69, 9.17) is 4.74 Å². The van der Waals surface area contributed by atoms with Crippen LogP contribution in [-0.2, 0) is 17.3 Å². The molecule has 1 rings (SSSR count). The van der Waals surface area contributed by atoms with E-state index < -0.39 is 29.2 Å². The van der Waals surface area contributed by atoms with Crippen LogP contribution in [0.1, 0.15) is 31.9 Å². The molecule has 21 heavy (non-hydrogen) atoms. The molecule has 4 nitrogen and oxygen atoms in total. The van der Waals surface area contributed by atoms with E-state index in [0.717, 1.165) is 6.07 Å². The number of hydrogen-bond acceptors (Lipinski definition) is 3. The highest BCUT2D eigenvalue weighted by molar-refractivity contribution is 5.67. The van der Waals surface area contributed by atoms with Gasteiger partial charge >= 0.3 is 12.3 Å². The summed E-state index contributed by atoms with van der Waals surface area (Å²) >= 11 is 0. The minimum Gasteiger partial charge on any atom is -0.508 e. The Kier molecular flexibility index (Phi) is 5.09. The van der Waals surface area contributed by atoms with Crippen molar-refractivity contribution in [2.75, 3.05) is 6.54 Å². The van der Waals surface area contributed by atoms with E-state index in [1.807, 2.05) is 0 Å². The molecule has 0 saturated heterocycles. The second kappa shape index (κ2) is 6.24. The van der Waals surface area contributed by atoms with E-state index in [1.165, 1.54) is 6.07 Å². The van der Waals surface area contributed by atoms with Crippen molar-refractivity contribution < 1.29 is 27.8 Å². The zero-order valence-electron chi connectivity index (χ0n) is 12.0. The van der Waals surface area contributed by atoms with Gasteiger partial charge in [0.25, 0.3) is 0 Å². The van der Waals surface area contributed by atoms with Gasteiger partial charge in [0.1, 0.15) is 11.4 Å². The Morgan fingerprint density at radius 3 is 2.38 bits per heavy atom. The van der Waals surface area contributed by atoms with Crippen LogP contribution in [0, 0.1) is 0 Å². The van der Waals surface area contributed by atoms with E-state index in [0.29, 0.717) is 11.6 Å². The number of benzene rings is 1. The van der Waals surface area contributed by atoms with E-state index in [9.17, 15) is 23.1 Å². The highest BCUT2D eigenvalue weighted by Crippen LogP contribution is 2.32. The van der Waals surface area contributed by atoms with Gasteiger partial charge in [-0.15, -0.1) is 0 Å². The minimum absolute atomic E-state index is 0.147. The third-order valence-electron chi connectivity index (χ3n) is 2.48. The molecule has 0 radical (unpaired) electrons.